The van der Waals surface area contributed by atoms with Gasteiger partial charge in [-0.3, -0.25) is 18.4 Å². The van der Waals surface area contributed by atoms with Crippen molar-refractivity contribution in [1.29, 1.82) is 5.26 Å². The van der Waals surface area contributed by atoms with Crippen LogP contribution in [0.15, 0.2) is 128 Å². The van der Waals surface area contributed by atoms with Crippen LogP contribution in [0.5, 0.6) is 11.5 Å². The first-order chi connectivity index (χ1) is 35.4. The van der Waals surface area contributed by atoms with Gasteiger partial charge in [0.05, 0.1) is 52.3 Å². The molecule has 7 aromatic rings. The van der Waals surface area contributed by atoms with E-state index in [1.807, 2.05) is 123 Å². The number of anilines is 1. The molecule has 6 atom stereocenters. The summed E-state index contributed by atoms with van der Waals surface area (Å²) in [6.07, 6.45) is 1.70. The summed E-state index contributed by atoms with van der Waals surface area (Å²) in [5.41, 5.74) is 4.39. The highest BCUT2D eigenvalue weighted by Crippen LogP contribution is 2.58. The highest BCUT2D eigenvalue weighted by molar-refractivity contribution is 7.51. The Morgan fingerprint density at radius 3 is 2.16 bits per heavy atom. The van der Waals surface area contributed by atoms with Crippen LogP contribution in [0.4, 0.5) is 5.82 Å². The Hall–Kier alpha value is -6.70. The average Bonchev–Trinajstić information content (AvgIpc) is 4.01. The molecule has 1 aliphatic heterocycles. The number of ether oxygens (including phenoxy) is 5. The lowest BCUT2D eigenvalue weighted by atomic mass is 9.80. The maximum absolute atomic E-state index is 15.4. The zero-order chi connectivity index (χ0) is 51.3. The number of hydrogen-bond acceptors (Lipinski definition) is 14. The molecule has 380 valence electrons. The van der Waals surface area contributed by atoms with Crippen molar-refractivity contribution in [3.63, 3.8) is 0 Å². The van der Waals surface area contributed by atoms with Crippen LogP contribution in [0, 0.1) is 11.3 Å². The number of carbonyl (C=O) groups excluding carboxylic acids is 1. The first kappa shape index (κ1) is 51.2. The zero-order valence-electron chi connectivity index (χ0n) is 42.2. The highest BCUT2D eigenvalue weighted by Gasteiger charge is 2.48. The summed E-state index contributed by atoms with van der Waals surface area (Å²) >= 11 is 0. The number of rotatable bonds is 20. The fourth-order valence-electron chi connectivity index (χ4n) is 10.5. The third kappa shape index (κ3) is 10.4. The molecule has 1 N–H and O–H groups in total. The number of aryl methyl sites for hydroxylation is 1. The molecule has 1 fully saturated rings. The molecule has 2 aromatic heterocycles. The molecular weight excluding hydrogens is 946 g/mol. The van der Waals surface area contributed by atoms with Crippen LogP contribution in [0.25, 0.3) is 21.9 Å². The molecule has 0 saturated carbocycles. The quantitative estimate of drug-likeness (QED) is 0.0329. The number of methoxy groups -OCH3 is 2. The lowest BCUT2D eigenvalue weighted by Gasteiger charge is -2.39. The summed E-state index contributed by atoms with van der Waals surface area (Å²) in [6, 6.07) is 39.0. The Bertz CT molecular complexity index is 3050. The molecule has 1 unspecified atom stereocenters. The van der Waals surface area contributed by atoms with Crippen LogP contribution in [0.3, 0.4) is 0 Å². The normalized spacial score (nSPS) is 19.7. The molecule has 5 aromatic carbocycles. The third-order valence-electron chi connectivity index (χ3n) is 13.6. The number of aromatic nitrogens is 4. The maximum Gasteiger partial charge on any atom is 0.409 e. The van der Waals surface area contributed by atoms with Gasteiger partial charge in [0.25, 0.3) is 0 Å². The van der Waals surface area contributed by atoms with Gasteiger partial charge < -0.3 is 29.0 Å². The summed E-state index contributed by atoms with van der Waals surface area (Å²) in [7, 11) is -0.880. The number of nitrogens with zero attached hydrogens (tertiary/aromatic N) is 6. The lowest BCUT2D eigenvalue weighted by Crippen LogP contribution is -2.40. The number of benzene rings is 5. The van der Waals surface area contributed by atoms with E-state index in [0.717, 1.165) is 45.0 Å². The molecule has 73 heavy (non-hydrogen) atoms. The van der Waals surface area contributed by atoms with E-state index in [2.05, 4.69) is 35.7 Å². The molecule has 1 aliphatic carbocycles. The lowest BCUT2D eigenvalue weighted by molar-refractivity contribution is -0.147. The Labute approximate surface area is 426 Å². The van der Waals surface area contributed by atoms with Crippen LogP contribution < -0.4 is 14.8 Å². The fourth-order valence-corrected chi connectivity index (χ4v) is 12.8. The Morgan fingerprint density at radius 2 is 1.52 bits per heavy atom. The second kappa shape index (κ2) is 22.2. The van der Waals surface area contributed by atoms with E-state index in [-0.39, 0.29) is 44.1 Å². The van der Waals surface area contributed by atoms with Crippen molar-refractivity contribution in [3.05, 3.63) is 156 Å². The number of imidazole rings is 1. The monoisotopic (exact) mass is 1010 g/mol. The molecule has 0 radical (unpaired) electrons. The molecule has 16 nitrogen and oxygen atoms in total. The SMILES string of the molecule is COc1ccc(C(OC[C@H]2O[C@@H](n3cnc4c(N[C@@H]5c6c(ccc7ccccc67)CC[C@@H]5OC(C)=O)ncnc43)C[C@@H]2OP(=O)(OCCC#N)N(C(C)C)C(C)C)(c2ccccc2)c2ccc(OC)cc2)cc1. The number of nitrogens with one attached hydrogen (secondary N) is 1. The number of carbonyl (C=O) groups is 1. The molecule has 0 amide bonds. The van der Waals surface area contributed by atoms with Crippen molar-refractivity contribution in [1.82, 2.24) is 24.2 Å². The van der Waals surface area contributed by atoms with Gasteiger partial charge in [-0.2, -0.15) is 5.26 Å². The molecule has 0 spiro atoms. The van der Waals surface area contributed by atoms with E-state index in [1.165, 1.54) is 13.3 Å². The molecular formula is C56H62N7O9P. The minimum absolute atomic E-state index is 0.0123. The Kier molecular flexibility index (Phi) is 15.6. The first-order valence-corrected chi connectivity index (χ1v) is 26.2. The van der Waals surface area contributed by atoms with Crippen molar-refractivity contribution in [2.75, 3.05) is 32.8 Å². The van der Waals surface area contributed by atoms with Crippen LogP contribution in [-0.4, -0.2) is 88.0 Å². The third-order valence-corrected chi connectivity index (χ3v) is 16.2. The van der Waals surface area contributed by atoms with Gasteiger partial charge in [0.2, 0.25) is 0 Å². The number of hydrogen-bond donors (Lipinski definition) is 1. The van der Waals surface area contributed by atoms with Gasteiger partial charge in [-0.15, -0.1) is 0 Å². The Balaban J connectivity index is 1.12. The molecule has 9 rings (SSSR count). The summed E-state index contributed by atoms with van der Waals surface area (Å²) in [5, 5.41) is 15.3. The van der Waals surface area contributed by atoms with E-state index < -0.39 is 43.9 Å². The van der Waals surface area contributed by atoms with Crippen molar-refractivity contribution in [3.8, 4) is 17.6 Å². The summed E-state index contributed by atoms with van der Waals surface area (Å²) in [6.45, 7) is 8.99. The molecule has 1 saturated heterocycles. The van der Waals surface area contributed by atoms with E-state index in [4.69, 9.17) is 47.7 Å². The minimum Gasteiger partial charge on any atom is -0.497 e. The first-order valence-electron chi connectivity index (χ1n) is 24.7. The van der Waals surface area contributed by atoms with Gasteiger partial charge in [-0.25, -0.2) is 24.2 Å². The van der Waals surface area contributed by atoms with Gasteiger partial charge in [0.15, 0.2) is 17.0 Å². The fraction of sp³-hybridized carbons (Fsp3) is 0.375. The van der Waals surface area contributed by atoms with E-state index in [0.29, 0.717) is 34.9 Å². The summed E-state index contributed by atoms with van der Waals surface area (Å²) in [5.74, 6) is 1.44. The standard InChI is InChI=1S/C56H62N7O9P/c1-36(2)63(37(3)4)73(65,69-31-13-30-57)72-48-32-50(71-49(48)33-68-56(41-15-9-8-10-16-41,42-21-25-44(66-6)26-22-42)43-23-27-45(67-7)28-24-43)62-35-60-53-54(58-34-59-55(53)62)61-52-47(70-38(5)64)29-20-40-19-18-39-14-11-12-17-46(39)51(40)52/h8-12,14-19,21-28,34-37,47-50,52H,13,20,29,31-33H2,1-7H3,(H,58,59,61)/t47-,48-,49+,50+,52-,73?/m0/s1. The van der Waals surface area contributed by atoms with Crippen LogP contribution in [0.1, 0.15) is 94.0 Å². The van der Waals surface area contributed by atoms with E-state index in [1.54, 1.807) is 25.2 Å². The van der Waals surface area contributed by atoms with Crippen LogP contribution in [-0.2, 0) is 44.6 Å². The summed E-state index contributed by atoms with van der Waals surface area (Å²) < 4.78 is 63.7. The highest BCUT2D eigenvalue weighted by atomic mass is 31.2. The van der Waals surface area contributed by atoms with Crippen molar-refractivity contribution >= 4 is 41.5 Å². The van der Waals surface area contributed by atoms with Crippen molar-refractivity contribution < 1.29 is 42.1 Å². The number of esters is 1. The van der Waals surface area contributed by atoms with Crippen molar-refractivity contribution in [2.45, 2.75) is 109 Å². The van der Waals surface area contributed by atoms with Crippen LogP contribution >= 0.6 is 7.75 Å². The van der Waals surface area contributed by atoms with Crippen LogP contribution in [0.2, 0.25) is 0 Å². The zero-order valence-corrected chi connectivity index (χ0v) is 43.1. The van der Waals surface area contributed by atoms with Crippen molar-refractivity contribution in [2.24, 2.45) is 0 Å². The average molecular weight is 1010 g/mol. The molecule has 0 bridgehead atoms. The molecule has 2 aliphatic rings. The molecule has 17 heteroatoms. The minimum atomic E-state index is -4.13. The smallest absolute Gasteiger partial charge is 0.409 e. The molecule has 3 heterocycles. The van der Waals surface area contributed by atoms with Gasteiger partial charge >= 0.3 is 13.7 Å². The topological polar surface area (TPSA) is 181 Å². The maximum atomic E-state index is 15.4. The number of nitriles is 1. The second-order valence-electron chi connectivity index (χ2n) is 18.8. The predicted molar refractivity (Wildman–Crippen MR) is 277 cm³/mol. The predicted octanol–water partition coefficient (Wildman–Crippen LogP) is 10.9. The second-order valence-corrected chi connectivity index (χ2v) is 20.7. The largest absolute Gasteiger partial charge is 0.497 e. The summed E-state index contributed by atoms with van der Waals surface area (Å²) in [4.78, 5) is 26.9. The van der Waals surface area contributed by atoms with Gasteiger partial charge in [0, 0.05) is 25.4 Å². The van der Waals surface area contributed by atoms with E-state index in [9.17, 15) is 10.1 Å². The van der Waals surface area contributed by atoms with E-state index >= 15 is 4.57 Å². The van der Waals surface area contributed by atoms with Gasteiger partial charge in [-0.05, 0) is 103 Å². The van der Waals surface area contributed by atoms with Gasteiger partial charge in [0.1, 0.15) is 48.0 Å². The van der Waals surface area contributed by atoms with Gasteiger partial charge in [-0.1, -0.05) is 91.0 Å². The Morgan fingerprint density at radius 1 is 0.863 bits per heavy atom. The number of fused-ring (bicyclic) bond motifs is 4.